The summed E-state index contributed by atoms with van der Waals surface area (Å²) in [7, 11) is 3.35. The van der Waals surface area contributed by atoms with Crippen molar-refractivity contribution in [1.29, 1.82) is 0 Å². The lowest BCUT2D eigenvalue weighted by Crippen LogP contribution is -2.45. The Balaban J connectivity index is 3.81. The van der Waals surface area contributed by atoms with Crippen LogP contribution in [0.1, 0.15) is 20.3 Å². The molecular weight excluding hydrogens is 197 g/mol. The van der Waals surface area contributed by atoms with Crippen molar-refractivity contribution in [1.82, 2.24) is 10.6 Å². The fraction of sp³-hybridized carbons (Fsp3) is 0.900. The van der Waals surface area contributed by atoms with Gasteiger partial charge in [-0.1, -0.05) is 0 Å². The number of rotatable bonds is 6. The van der Waals surface area contributed by atoms with Crippen molar-refractivity contribution < 1.29 is 9.13 Å². The predicted molar refractivity (Wildman–Crippen MR) is 61.0 cm³/mol. The Morgan fingerprint density at radius 3 is 2.53 bits per heavy atom. The molecule has 0 aliphatic rings. The molecule has 0 unspecified atom stereocenters. The lowest BCUT2D eigenvalue weighted by Gasteiger charge is -2.24. The molecule has 0 radical (unpaired) electrons. The Bertz CT molecular complexity index is 195. The first-order chi connectivity index (χ1) is 7.05. The van der Waals surface area contributed by atoms with Gasteiger partial charge in [0.15, 0.2) is 5.96 Å². The number of hydrogen-bond donors (Lipinski definition) is 2. The van der Waals surface area contributed by atoms with Crippen LogP contribution in [-0.4, -0.2) is 45.5 Å². The van der Waals surface area contributed by atoms with E-state index >= 15 is 0 Å². The third kappa shape index (κ3) is 7.13. The minimum atomic E-state index is -0.312. The standard InChI is InChI=1S/C10H22FN3O/c1-10(2,15-4)8-14-9(12-3)13-7-5-6-11/h5-8H2,1-4H3,(H2,12,13,14). The lowest BCUT2D eigenvalue weighted by molar-refractivity contribution is 0.0268. The number of hydrogen-bond acceptors (Lipinski definition) is 2. The SMILES string of the molecule is CN=C(NCCCF)NCC(C)(C)OC. The Morgan fingerprint density at radius 2 is 2.07 bits per heavy atom. The van der Waals surface area contributed by atoms with Crippen LogP contribution in [0.4, 0.5) is 4.39 Å². The Morgan fingerprint density at radius 1 is 1.40 bits per heavy atom. The van der Waals surface area contributed by atoms with Gasteiger partial charge >= 0.3 is 0 Å². The molecule has 0 saturated heterocycles. The van der Waals surface area contributed by atoms with Crippen LogP contribution in [0.15, 0.2) is 4.99 Å². The molecule has 0 aliphatic heterocycles. The highest BCUT2D eigenvalue weighted by Gasteiger charge is 2.16. The molecule has 0 spiro atoms. The van der Waals surface area contributed by atoms with Crippen LogP contribution in [0.5, 0.6) is 0 Å². The number of alkyl halides is 1. The summed E-state index contributed by atoms with van der Waals surface area (Å²) >= 11 is 0. The molecular formula is C10H22FN3O. The number of ether oxygens (including phenoxy) is 1. The average molecular weight is 219 g/mol. The molecule has 4 nitrogen and oxygen atoms in total. The fourth-order valence-electron chi connectivity index (χ4n) is 0.863. The van der Waals surface area contributed by atoms with Crippen molar-refractivity contribution in [3.63, 3.8) is 0 Å². The van der Waals surface area contributed by atoms with Gasteiger partial charge in [0, 0.05) is 27.2 Å². The Hall–Kier alpha value is -0.840. The molecule has 0 aromatic rings. The van der Waals surface area contributed by atoms with E-state index in [2.05, 4.69) is 15.6 Å². The van der Waals surface area contributed by atoms with Gasteiger partial charge in [0.2, 0.25) is 0 Å². The highest BCUT2D eigenvalue weighted by atomic mass is 19.1. The van der Waals surface area contributed by atoms with E-state index in [1.54, 1.807) is 14.2 Å². The molecule has 0 rings (SSSR count). The topological polar surface area (TPSA) is 45.7 Å². The van der Waals surface area contributed by atoms with Gasteiger partial charge in [-0.25, -0.2) is 0 Å². The zero-order valence-electron chi connectivity index (χ0n) is 10.1. The smallest absolute Gasteiger partial charge is 0.191 e. The molecule has 0 amide bonds. The van der Waals surface area contributed by atoms with Crippen LogP contribution in [0, 0.1) is 0 Å². The molecule has 0 atom stereocenters. The van der Waals surface area contributed by atoms with Gasteiger partial charge in [0.05, 0.1) is 12.3 Å². The molecule has 0 aliphatic carbocycles. The first kappa shape index (κ1) is 14.2. The maximum atomic E-state index is 11.9. The van der Waals surface area contributed by atoms with Crippen molar-refractivity contribution >= 4 is 5.96 Å². The molecule has 2 N–H and O–H groups in total. The summed E-state index contributed by atoms with van der Waals surface area (Å²) in [6, 6.07) is 0. The third-order valence-corrected chi connectivity index (χ3v) is 2.06. The van der Waals surface area contributed by atoms with Crippen LogP contribution >= 0.6 is 0 Å². The van der Waals surface area contributed by atoms with E-state index in [1.807, 2.05) is 13.8 Å². The first-order valence-electron chi connectivity index (χ1n) is 5.11. The molecule has 0 aromatic carbocycles. The van der Waals surface area contributed by atoms with Crippen molar-refractivity contribution in [3.05, 3.63) is 0 Å². The number of nitrogens with one attached hydrogen (secondary N) is 2. The number of guanidine groups is 1. The fourth-order valence-corrected chi connectivity index (χ4v) is 0.863. The number of aliphatic imine (C=N–C) groups is 1. The van der Waals surface area contributed by atoms with Crippen molar-refractivity contribution in [3.8, 4) is 0 Å². The van der Waals surface area contributed by atoms with Gasteiger partial charge in [-0.2, -0.15) is 0 Å². The molecule has 0 saturated carbocycles. The van der Waals surface area contributed by atoms with E-state index in [0.29, 0.717) is 25.5 Å². The average Bonchev–Trinajstić information content (AvgIpc) is 2.23. The van der Waals surface area contributed by atoms with E-state index in [1.165, 1.54) is 0 Å². The Kier molecular flexibility index (Phi) is 7.03. The van der Waals surface area contributed by atoms with Crippen molar-refractivity contribution in [2.75, 3.05) is 33.9 Å². The summed E-state index contributed by atoms with van der Waals surface area (Å²) in [4.78, 5) is 4.01. The molecule has 90 valence electrons. The summed E-state index contributed by atoms with van der Waals surface area (Å²) in [6.45, 7) is 4.89. The second-order valence-electron chi connectivity index (χ2n) is 3.86. The van der Waals surface area contributed by atoms with E-state index < -0.39 is 0 Å². The molecule has 0 heterocycles. The van der Waals surface area contributed by atoms with Crippen LogP contribution in [0.3, 0.4) is 0 Å². The summed E-state index contributed by atoms with van der Waals surface area (Å²) in [5.41, 5.74) is -0.238. The van der Waals surface area contributed by atoms with Gasteiger partial charge in [-0.05, 0) is 20.3 Å². The summed E-state index contributed by atoms with van der Waals surface area (Å²) in [5, 5.41) is 6.12. The van der Waals surface area contributed by atoms with Crippen LogP contribution < -0.4 is 10.6 Å². The first-order valence-corrected chi connectivity index (χ1v) is 5.11. The van der Waals surface area contributed by atoms with E-state index in [4.69, 9.17) is 4.74 Å². The monoisotopic (exact) mass is 219 g/mol. The molecule has 0 bridgehead atoms. The summed E-state index contributed by atoms with van der Waals surface area (Å²) in [5.74, 6) is 0.675. The summed E-state index contributed by atoms with van der Waals surface area (Å²) < 4.78 is 17.1. The lowest BCUT2D eigenvalue weighted by atomic mass is 10.1. The van der Waals surface area contributed by atoms with Crippen molar-refractivity contribution in [2.24, 2.45) is 4.99 Å². The molecule has 15 heavy (non-hydrogen) atoms. The van der Waals surface area contributed by atoms with E-state index in [0.717, 1.165) is 0 Å². The van der Waals surface area contributed by atoms with Crippen LogP contribution in [-0.2, 0) is 4.74 Å². The quantitative estimate of drug-likeness (QED) is 0.397. The van der Waals surface area contributed by atoms with E-state index in [9.17, 15) is 4.39 Å². The maximum absolute atomic E-state index is 11.9. The summed E-state index contributed by atoms with van der Waals surface area (Å²) in [6.07, 6.45) is 0.494. The van der Waals surface area contributed by atoms with Gasteiger partial charge in [-0.15, -0.1) is 0 Å². The maximum Gasteiger partial charge on any atom is 0.191 e. The number of methoxy groups -OCH3 is 1. The minimum Gasteiger partial charge on any atom is -0.377 e. The molecule has 0 fully saturated rings. The normalized spacial score (nSPS) is 12.7. The van der Waals surface area contributed by atoms with Crippen LogP contribution in [0.2, 0.25) is 0 Å². The van der Waals surface area contributed by atoms with Crippen LogP contribution in [0.25, 0.3) is 0 Å². The zero-order valence-corrected chi connectivity index (χ0v) is 10.1. The molecule has 0 aromatic heterocycles. The van der Waals surface area contributed by atoms with Gasteiger partial charge in [0.25, 0.3) is 0 Å². The largest absolute Gasteiger partial charge is 0.377 e. The van der Waals surface area contributed by atoms with Gasteiger partial charge < -0.3 is 15.4 Å². The predicted octanol–water partition coefficient (Wildman–Crippen LogP) is 0.936. The second-order valence-corrected chi connectivity index (χ2v) is 3.86. The van der Waals surface area contributed by atoms with Crippen molar-refractivity contribution in [2.45, 2.75) is 25.9 Å². The third-order valence-electron chi connectivity index (χ3n) is 2.06. The minimum absolute atomic E-state index is 0.238. The highest BCUT2D eigenvalue weighted by Crippen LogP contribution is 2.04. The van der Waals surface area contributed by atoms with Gasteiger partial charge in [0.1, 0.15) is 0 Å². The molecule has 5 heteroatoms. The highest BCUT2D eigenvalue weighted by molar-refractivity contribution is 5.79. The Labute approximate surface area is 91.3 Å². The zero-order chi connectivity index (χ0) is 11.7. The van der Waals surface area contributed by atoms with Gasteiger partial charge in [-0.3, -0.25) is 9.38 Å². The second kappa shape index (κ2) is 7.45. The number of nitrogens with zero attached hydrogens (tertiary/aromatic N) is 1. The number of halogens is 1. The van der Waals surface area contributed by atoms with E-state index in [-0.39, 0.29) is 12.3 Å².